The lowest BCUT2D eigenvalue weighted by Crippen LogP contribution is -2.34. The van der Waals surface area contributed by atoms with Crippen LogP contribution >= 0.6 is 0 Å². The number of amides is 2. The molecule has 110 valence electrons. The van der Waals surface area contributed by atoms with E-state index in [-0.39, 0.29) is 30.0 Å². The number of benzene rings is 1. The molecular formula is C14H15N3O4. The molecular weight excluding hydrogens is 274 g/mol. The van der Waals surface area contributed by atoms with Crippen molar-refractivity contribution >= 4 is 29.2 Å². The van der Waals surface area contributed by atoms with Crippen molar-refractivity contribution in [1.29, 1.82) is 0 Å². The molecule has 1 aromatic carbocycles. The summed E-state index contributed by atoms with van der Waals surface area (Å²) in [7, 11) is 1.49. The maximum absolute atomic E-state index is 12.1. The van der Waals surface area contributed by atoms with Crippen LogP contribution in [-0.2, 0) is 9.59 Å². The Morgan fingerprint density at radius 2 is 2.05 bits per heavy atom. The molecule has 0 aliphatic carbocycles. The summed E-state index contributed by atoms with van der Waals surface area (Å²) in [5.74, 6) is -1.64. The van der Waals surface area contributed by atoms with Gasteiger partial charge < -0.3 is 10.4 Å². The second-order valence-corrected chi connectivity index (χ2v) is 4.75. The van der Waals surface area contributed by atoms with Gasteiger partial charge in [-0.1, -0.05) is 6.07 Å². The Labute approximate surface area is 121 Å². The van der Waals surface area contributed by atoms with E-state index < -0.39 is 11.9 Å². The third-order valence-electron chi connectivity index (χ3n) is 3.20. The molecule has 21 heavy (non-hydrogen) atoms. The van der Waals surface area contributed by atoms with Crippen LogP contribution in [0.4, 0.5) is 5.69 Å². The molecule has 1 aromatic rings. The van der Waals surface area contributed by atoms with Crippen molar-refractivity contribution in [2.45, 2.75) is 19.8 Å². The van der Waals surface area contributed by atoms with Gasteiger partial charge in [0.05, 0.1) is 5.56 Å². The van der Waals surface area contributed by atoms with Crippen LogP contribution in [0.1, 0.15) is 28.8 Å². The molecule has 1 aliphatic heterocycles. The number of nitrogens with zero attached hydrogens (tertiary/aromatic N) is 2. The van der Waals surface area contributed by atoms with Gasteiger partial charge in [0.15, 0.2) is 0 Å². The summed E-state index contributed by atoms with van der Waals surface area (Å²) in [6.45, 7) is 1.76. The number of aryl methyl sites for hydroxylation is 1. The van der Waals surface area contributed by atoms with E-state index >= 15 is 0 Å². The normalized spacial score (nSPS) is 14.7. The number of rotatable bonds is 3. The van der Waals surface area contributed by atoms with Crippen LogP contribution in [0.3, 0.4) is 0 Å². The lowest BCUT2D eigenvalue weighted by atomic mass is 10.1. The van der Waals surface area contributed by atoms with Gasteiger partial charge >= 0.3 is 5.97 Å². The number of hydrogen-bond donors (Lipinski definition) is 2. The first-order valence-corrected chi connectivity index (χ1v) is 6.38. The fraction of sp³-hybridized carbons (Fsp3) is 0.286. The van der Waals surface area contributed by atoms with Crippen molar-refractivity contribution in [3.05, 3.63) is 29.3 Å². The predicted octanol–water partition coefficient (Wildman–Crippen LogP) is 1.24. The van der Waals surface area contributed by atoms with Gasteiger partial charge in [-0.15, -0.1) is 0 Å². The topological polar surface area (TPSA) is 99.1 Å². The Morgan fingerprint density at radius 3 is 2.67 bits per heavy atom. The molecule has 0 fully saturated rings. The first kappa shape index (κ1) is 14.7. The smallest absolute Gasteiger partial charge is 0.335 e. The maximum atomic E-state index is 12.1. The van der Waals surface area contributed by atoms with Crippen LogP contribution in [0.15, 0.2) is 23.3 Å². The monoisotopic (exact) mass is 289 g/mol. The van der Waals surface area contributed by atoms with Crippen molar-refractivity contribution in [1.82, 2.24) is 5.01 Å². The van der Waals surface area contributed by atoms with E-state index in [1.54, 1.807) is 13.0 Å². The zero-order valence-corrected chi connectivity index (χ0v) is 11.7. The molecule has 0 saturated heterocycles. The van der Waals surface area contributed by atoms with Crippen LogP contribution in [-0.4, -0.2) is 40.7 Å². The van der Waals surface area contributed by atoms with Crippen LogP contribution in [0, 0.1) is 6.92 Å². The number of carboxylic acid groups (broad SMARTS) is 1. The van der Waals surface area contributed by atoms with Crippen LogP contribution in [0.5, 0.6) is 0 Å². The number of carboxylic acids is 1. The van der Waals surface area contributed by atoms with Crippen LogP contribution in [0.25, 0.3) is 0 Å². The zero-order valence-electron chi connectivity index (χ0n) is 11.7. The molecule has 1 aliphatic rings. The minimum atomic E-state index is -1.06. The standard InChI is InChI=1S/C14H15N3O4/c1-8-3-4-9(14(20)21)7-11(8)15-13(19)10-5-6-12(18)17(2)16-10/h3-4,7H,5-6H2,1-2H3,(H,15,19)(H,20,21). The van der Waals surface area contributed by atoms with E-state index in [2.05, 4.69) is 10.4 Å². The van der Waals surface area contributed by atoms with E-state index in [9.17, 15) is 14.4 Å². The highest BCUT2D eigenvalue weighted by Crippen LogP contribution is 2.18. The molecule has 0 bridgehead atoms. The number of aromatic carboxylic acids is 1. The summed E-state index contributed by atoms with van der Waals surface area (Å²) in [6, 6.07) is 4.49. The third kappa shape index (κ3) is 3.25. The van der Waals surface area contributed by atoms with Gasteiger partial charge in [0.2, 0.25) is 5.91 Å². The van der Waals surface area contributed by atoms with E-state index in [0.29, 0.717) is 5.69 Å². The summed E-state index contributed by atoms with van der Waals surface area (Å²) >= 11 is 0. The summed E-state index contributed by atoms with van der Waals surface area (Å²) in [5.41, 5.74) is 1.50. The molecule has 2 N–H and O–H groups in total. The second-order valence-electron chi connectivity index (χ2n) is 4.75. The van der Waals surface area contributed by atoms with Crippen molar-refractivity contribution in [3.8, 4) is 0 Å². The molecule has 0 aromatic heterocycles. The summed E-state index contributed by atoms with van der Waals surface area (Å²) < 4.78 is 0. The number of nitrogens with one attached hydrogen (secondary N) is 1. The Hall–Kier alpha value is -2.70. The molecule has 2 amide bonds. The fourth-order valence-electron chi connectivity index (χ4n) is 1.92. The second kappa shape index (κ2) is 5.74. The molecule has 0 atom stereocenters. The van der Waals surface area contributed by atoms with E-state index in [1.165, 1.54) is 19.2 Å². The lowest BCUT2D eigenvalue weighted by molar-refractivity contribution is -0.130. The Kier molecular flexibility index (Phi) is 4.02. The molecule has 2 rings (SSSR count). The molecule has 0 saturated carbocycles. The zero-order chi connectivity index (χ0) is 15.6. The van der Waals surface area contributed by atoms with E-state index in [0.717, 1.165) is 10.6 Å². The van der Waals surface area contributed by atoms with Crippen molar-refractivity contribution in [2.24, 2.45) is 5.10 Å². The molecule has 7 heteroatoms. The maximum Gasteiger partial charge on any atom is 0.335 e. The average molecular weight is 289 g/mol. The van der Waals surface area contributed by atoms with Crippen LogP contribution in [0.2, 0.25) is 0 Å². The predicted molar refractivity (Wildman–Crippen MR) is 76.2 cm³/mol. The average Bonchev–Trinajstić information content (AvgIpc) is 2.43. The Balaban J connectivity index is 2.20. The largest absolute Gasteiger partial charge is 0.478 e. The minimum Gasteiger partial charge on any atom is -0.478 e. The van der Waals surface area contributed by atoms with Crippen molar-refractivity contribution in [2.75, 3.05) is 12.4 Å². The minimum absolute atomic E-state index is 0.0915. The highest BCUT2D eigenvalue weighted by atomic mass is 16.4. The Bertz CT molecular complexity index is 652. The van der Waals surface area contributed by atoms with Crippen LogP contribution < -0.4 is 5.32 Å². The van der Waals surface area contributed by atoms with Gasteiger partial charge in [-0.3, -0.25) is 9.59 Å². The number of carbonyl (C=O) groups excluding carboxylic acids is 2. The van der Waals surface area contributed by atoms with Gasteiger partial charge in [-0.05, 0) is 24.6 Å². The molecule has 0 spiro atoms. The number of carbonyl (C=O) groups is 3. The number of anilines is 1. The molecule has 0 unspecified atom stereocenters. The summed E-state index contributed by atoms with van der Waals surface area (Å²) in [5, 5.41) is 16.7. The van der Waals surface area contributed by atoms with Gasteiger partial charge in [-0.2, -0.15) is 5.10 Å². The number of hydrogen-bond acceptors (Lipinski definition) is 4. The highest BCUT2D eigenvalue weighted by Gasteiger charge is 2.22. The highest BCUT2D eigenvalue weighted by molar-refractivity contribution is 6.43. The SMILES string of the molecule is Cc1ccc(C(=O)O)cc1NC(=O)C1=NN(C)C(=O)CC1. The third-order valence-corrected chi connectivity index (χ3v) is 3.20. The number of hydrazone groups is 1. The van der Waals surface area contributed by atoms with Crippen molar-refractivity contribution in [3.63, 3.8) is 0 Å². The fourth-order valence-corrected chi connectivity index (χ4v) is 1.92. The van der Waals surface area contributed by atoms with Gasteiger partial charge in [0, 0.05) is 25.6 Å². The van der Waals surface area contributed by atoms with Crippen molar-refractivity contribution < 1.29 is 19.5 Å². The summed E-state index contributed by atoms with van der Waals surface area (Å²) in [4.78, 5) is 34.4. The Morgan fingerprint density at radius 1 is 1.33 bits per heavy atom. The first-order valence-electron chi connectivity index (χ1n) is 6.38. The summed E-state index contributed by atoms with van der Waals surface area (Å²) in [6.07, 6.45) is 0.504. The quantitative estimate of drug-likeness (QED) is 0.874. The van der Waals surface area contributed by atoms with E-state index in [1.807, 2.05) is 0 Å². The van der Waals surface area contributed by atoms with Gasteiger partial charge in [-0.25, -0.2) is 9.80 Å². The van der Waals surface area contributed by atoms with Gasteiger partial charge in [0.25, 0.3) is 5.91 Å². The lowest BCUT2D eigenvalue weighted by Gasteiger charge is -2.19. The molecule has 7 nitrogen and oxygen atoms in total. The van der Waals surface area contributed by atoms with E-state index in [4.69, 9.17) is 5.11 Å². The van der Waals surface area contributed by atoms with Gasteiger partial charge in [0.1, 0.15) is 5.71 Å². The molecule has 1 heterocycles. The molecule has 0 radical (unpaired) electrons. The first-order chi connectivity index (χ1) is 9.88.